The first kappa shape index (κ1) is 11.9. The Bertz CT molecular complexity index is 734. The van der Waals surface area contributed by atoms with Crippen molar-refractivity contribution in [3.63, 3.8) is 0 Å². The number of hydrogen-bond donors (Lipinski definition) is 2. The third-order valence-corrected chi connectivity index (χ3v) is 3.35. The van der Waals surface area contributed by atoms with Gasteiger partial charge >= 0.3 is 0 Å². The minimum atomic E-state index is -0.155. The molecule has 0 bridgehead atoms. The highest BCUT2D eigenvalue weighted by Crippen LogP contribution is 2.18. The maximum atomic E-state index is 12.2. The number of rotatable bonds is 2. The molecular formula is C14H10BrN3O. The molecule has 0 unspecified atom stereocenters. The van der Waals surface area contributed by atoms with Gasteiger partial charge in [0.1, 0.15) is 0 Å². The van der Waals surface area contributed by atoms with Gasteiger partial charge in [-0.25, -0.2) is 0 Å². The fraction of sp³-hybridized carbons (Fsp3) is 0. The van der Waals surface area contributed by atoms with Crippen LogP contribution in [0.2, 0.25) is 0 Å². The molecule has 0 radical (unpaired) electrons. The van der Waals surface area contributed by atoms with Gasteiger partial charge in [-0.15, -0.1) is 0 Å². The molecule has 0 spiro atoms. The Kier molecular flexibility index (Phi) is 3.05. The highest BCUT2D eigenvalue weighted by molar-refractivity contribution is 9.10. The average molecular weight is 316 g/mol. The number of aromatic amines is 1. The first-order chi connectivity index (χ1) is 9.24. The molecule has 0 atom stereocenters. The van der Waals surface area contributed by atoms with Crippen molar-refractivity contribution in [3.8, 4) is 0 Å². The molecule has 0 aliphatic rings. The summed E-state index contributed by atoms with van der Waals surface area (Å²) in [5, 5.41) is 10.6. The first-order valence-electron chi connectivity index (χ1n) is 5.73. The van der Waals surface area contributed by atoms with Crippen molar-refractivity contribution in [3.05, 3.63) is 58.7 Å². The highest BCUT2D eigenvalue weighted by Gasteiger charge is 2.11. The Labute approximate surface area is 118 Å². The quantitative estimate of drug-likeness (QED) is 0.759. The van der Waals surface area contributed by atoms with Crippen LogP contribution in [0.3, 0.4) is 0 Å². The molecule has 1 heterocycles. The van der Waals surface area contributed by atoms with E-state index < -0.39 is 0 Å². The zero-order valence-corrected chi connectivity index (χ0v) is 11.4. The van der Waals surface area contributed by atoms with Gasteiger partial charge in [-0.05, 0) is 30.3 Å². The Morgan fingerprint density at radius 1 is 1.16 bits per heavy atom. The van der Waals surface area contributed by atoms with Crippen LogP contribution in [0.25, 0.3) is 10.9 Å². The molecule has 2 aromatic carbocycles. The number of anilines is 1. The Morgan fingerprint density at radius 3 is 2.74 bits per heavy atom. The average Bonchev–Trinajstić information content (AvgIpc) is 2.89. The van der Waals surface area contributed by atoms with Crippen LogP contribution in [-0.2, 0) is 0 Å². The smallest absolute Gasteiger partial charge is 0.257 e. The largest absolute Gasteiger partial charge is 0.322 e. The van der Waals surface area contributed by atoms with E-state index >= 15 is 0 Å². The van der Waals surface area contributed by atoms with Crippen LogP contribution in [-0.4, -0.2) is 16.1 Å². The lowest BCUT2D eigenvalue weighted by molar-refractivity contribution is 0.102. The van der Waals surface area contributed by atoms with Gasteiger partial charge < -0.3 is 5.32 Å². The van der Waals surface area contributed by atoms with Crippen molar-refractivity contribution in [2.45, 2.75) is 0 Å². The standard InChI is InChI=1S/C14H10BrN3O/c15-10-4-6-11(7-5-10)17-14(19)12-3-1-2-9-8-16-18-13(9)12/h1-8H,(H,16,18)(H,17,19). The molecule has 0 saturated carbocycles. The van der Waals surface area contributed by atoms with E-state index in [1.54, 1.807) is 12.3 Å². The lowest BCUT2D eigenvalue weighted by atomic mass is 10.1. The highest BCUT2D eigenvalue weighted by atomic mass is 79.9. The second-order valence-corrected chi connectivity index (χ2v) is 5.02. The summed E-state index contributed by atoms with van der Waals surface area (Å²) in [6.07, 6.45) is 1.70. The second-order valence-electron chi connectivity index (χ2n) is 4.10. The van der Waals surface area contributed by atoms with Crippen LogP contribution in [0.5, 0.6) is 0 Å². The minimum Gasteiger partial charge on any atom is -0.322 e. The van der Waals surface area contributed by atoms with Gasteiger partial charge in [-0.2, -0.15) is 5.10 Å². The van der Waals surface area contributed by atoms with Crippen LogP contribution < -0.4 is 5.32 Å². The number of amides is 1. The van der Waals surface area contributed by atoms with Crippen LogP contribution >= 0.6 is 15.9 Å². The minimum absolute atomic E-state index is 0.155. The molecule has 4 nitrogen and oxygen atoms in total. The van der Waals surface area contributed by atoms with E-state index in [-0.39, 0.29) is 5.91 Å². The predicted molar refractivity (Wildman–Crippen MR) is 78.2 cm³/mol. The molecule has 1 amide bonds. The molecule has 0 aliphatic carbocycles. The lowest BCUT2D eigenvalue weighted by Gasteiger charge is -2.06. The summed E-state index contributed by atoms with van der Waals surface area (Å²) < 4.78 is 0.973. The summed E-state index contributed by atoms with van der Waals surface area (Å²) in [6, 6.07) is 13.0. The van der Waals surface area contributed by atoms with Crippen molar-refractivity contribution in [2.24, 2.45) is 0 Å². The number of halogens is 1. The number of carbonyl (C=O) groups excluding carboxylic acids is 1. The number of fused-ring (bicyclic) bond motifs is 1. The molecule has 1 aromatic heterocycles. The van der Waals surface area contributed by atoms with Crippen molar-refractivity contribution in [1.29, 1.82) is 0 Å². The first-order valence-corrected chi connectivity index (χ1v) is 6.52. The number of aromatic nitrogens is 2. The molecular weight excluding hydrogens is 306 g/mol. The van der Waals surface area contributed by atoms with Gasteiger partial charge in [-0.3, -0.25) is 9.89 Å². The molecule has 94 valence electrons. The number of para-hydroxylation sites is 1. The SMILES string of the molecule is O=C(Nc1ccc(Br)cc1)c1cccc2cn[nH]c12. The summed E-state index contributed by atoms with van der Waals surface area (Å²) >= 11 is 3.36. The summed E-state index contributed by atoms with van der Waals surface area (Å²) in [5.41, 5.74) is 2.08. The normalized spacial score (nSPS) is 10.6. The molecule has 3 aromatic rings. The van der Waals surface area contributed by atoms with Crippen molar-refractivity contribution in [1.82, 2.24) is 10.2 Å². The second kappa shape index (κ2) is 4.85. The summed E-state index contributed by atoms with van der Waals surface area (Å²) in [5.74, 6) is -0.155. The van der Waals surface area contributed by atoms with E-state index in [0.29, 0.717) is 5.56 Å². The van der Waals surface area contributed by atoms with Crippen LogP contribution in [0.4, 0.5) is 5.69 Å². The summed E-state index contributed by atoms with van der Waals surface area (Å²) in [7, 11) is 0. The van der Waals surface area contributed by atoms with E-state index in [4.69, 9.17) is 0 Å². The van der Waals surface area contributed by atoms with Gasteiger partial charge in [0.05, 0.1) is 17.3 Å². The molecule has 0 saturated heterocycles. The fourth-order valence-corrected chi connectivity index (χ4v) is 2.15. The third-order valence-electron chi connectivity index (χ3n) is 2.82. The fourth-order valence-electron chi connectivity index (χ4n) is 1.89. The van der Waals surface area contributed by atoms with E-state index in [1.165, 1.54) is 0 Å². The maximum absolute atomic E-state index is 12.2. The molecule has 3 rings (SSSR count). The number of nitrogens with one attached hydrogen (secondary N) is 2. The van der Waals surface area contributed by atoms with E-state index in [9.17, 15) is 4.79 Å². The van der Waals surface area contributed by atoms with Crippen molar-refractivity contribution < 1.29 is 4.79 Å². The molecule has 0 aliphatic heterocycles. The molecule has 5 heteroatoms. The topological polar surface area (TPSA) is 57.8 Å². The van der Waals surface area contributed by atoms with Crippen molar-refractivity contribution in [2.75, 3.05) is 5.32 Å². The van der Waals surface area contributed by atoms with Gasteiger partial charge in [0.25, 0.3) is 5.91 Å². The Balaban J connectivity index is 1.92. The Morgan fingerprint density at radius 2 is 1.95 bits per heavy atom. The number of hydrogen-bond acceptors (Lipinski definition) is 2. The van der Waals surface area contributed by atoms with Gasteiger partial charge in [-0.1, -0.05) is 28.1 Å². The van der Waals surface area contributed by atoms with E-state index in [2.05, 4.69) is 31.4 Å². The van der Waals surface area contributed by atoms with E-state index in [1.807, 2.05) is 36.4 Å². The number of H-pyrrole nitrogens is 1. The summed E-state index contributed by atoms with van der Waals surface area (Å²) in [4.78, 5) is 12.2. The zero-order valence-electron chi connectivity index (χ0n) is 9.85. The van der Waals surface area contributed by atoms with Gasteiger partial charge in [0.2, 0.25) is 0 Å². The monoisotopic (exact) mass is 315 g/mol. The maximum Gasteiger partial charge on any atom is 0.257 e. The third kappa shape index (κ3) is 2.37. The number of carbonyl (C=O) groups is 1. The van der Waals surface area contributed by atoms with Crippen LogP contribution in [0.15, 0.2) is 53.1 Å². The van der Waals surface area contributed by atoms with Crippen LogP contribution in [0.1, 0.15) is 10.4 Å². The number of nitrogens with zero attached hydrogens (tertiary/aromatic N) is 1. The lowest BCUT2D eigenvalue weighted by Crippen LogP contribution is -2.12. The molecule has 19 heavy (non-hydrogen) atoms. The van der Waals surface area contributed by atoms with Gasteiger partial charge in [0.15, 0.2) is 0 Å². The summed E-state index contributed by atoms with van der Waals surface area (Å²) in [6.45, 7) is 0. The Hall–Kier alpha value is -2.14. The van der Waals surface area contributed by atoms with E-state index in [0.717, 1.165) is 21.1 Å². The van der Waals surface area contributed by atoms with Crippen molar-refractivity contribution >= 4 is 38.4 Å². The van der Waals surface area contributed by atoms with Gasteiger partial charge in [0, 0.05) is 15.5 Å². The molecule has 0 fully saturated rings. The molecule has 2 N–H and O–H groups in total. The number of benzene rings is 2. The predicted octanol–water partition coefficient (Wildman–Crippen LogP) is 3.58. The van der Waals surface area contributed by atoms with Crippen LogP contribution in [0, 0.1) is 0 Å². The zero-order chi connectivity index (χ0) is 13.2.